The number of nitrogens with one attached hydrogen (secondary N) is 1. The normalized spacial score (nSPS) is 11.5. The van der Waals surface area contributed by atoms with Crippen LogP contribution in [0.5, 0.6) is 11.6 Å². The number of H-pyrrole nitrogens is 1. The molecule has 0 saturated carbocycles. The van der Waals surface area contributed by atoms with E-state index in [9.17, 15) is 14.7 Å². The molecule has 134 valence electrons. The summed E-state index contributed by atoms with van der Waals surface area (Å²) in [6.45, 7) is 1.79. The maximum atomic E-state index is 12.2. The fourth-order valence-electron chi connectivity index (χ4n) is 2.50. The summed E-state index contributed by atoms with van der Waals surface area (Å²) in [6, 6.07) is 9.95. The largest absolute Gasteiger partial charge is 0.497 e. The molecule has 2 aromatic heterocycles. The van der Waals surface area contributed by atoms with Crippen LogP contribution in [0.2, 0.25) is 0 Å². The third-order valence-electron chi connectivity index (χ3n) is 3.83. The van der Waals surface area contributed by atoms with Crippen LogP contribution in [-0.2, 0) is 6.54 Å². The molecule has 0 radical (unpaired) electrons. The van der Waals surface area contributed by atoms with Gasteiger partial charge in [0.1, 0.15) is 17.1 Å². The van der Waals surface area contributed by atoms with Gasteiger partial charge in [-0.2, -0.15) is 0 Å². The highest BCUT2D eigenvalue weighted by Crippen LogP contribution is 2.20. The number of ether oxygens (including phenoxy) is 1. The summed E-state index contributed by atoms with van der Waals surface area (Å²) in [5, 5.41) is 10.6. The second kappa shape index (κ2) is 7.14. The predicted molar refractivity (Wildman–Crippen MR) is 95.5 cm³/mol. The van der Waals surface area contributed by atoms with Crippen LogP contribution in [-0.4, -0.2) is 27.5 Å². The molecule has 3 aromatic rings. The zero-order valence-corrected chi connectivity index (χ0v) is 14.2. The summed E-state index contributed by atoms with van der Waals surface area (Å²) >= 11 is 0. The minimum atomic E-state index is -0.750. The molecule has 0 atom stereocenters. The SMILES string of the molecule is COc1ccc(-n2c(O)c(C(C)=NCc3ccco3)c(=O)[nH]c2=O)cc1. The highest BCUT2D eigenvalue weighted by molar-refractivity contribution is 6.00. The highest BCUT2D eigenvalue weighted by Gasteiger charge is 2.18. The minimum Gasteiger partial charge on any atom is -0.497 e. The van der Waals surface area contributed by atoms with Crippen molar-refractivity contribution in [1.29, 1.82) is 0 Å². The van der Waals surface area contributed by atoms with Crippen molar-refractivity contribution in [3.8, 4) is 17.3 Å². The lowest BCUT2D eigenvalue weighted by molar-refractivity contribution is 0.414. The molecular weight excluding hydrogens is 338 g/mol. The number of furan rings is 1. The van der Waals surface area contributed by atoms with Gasteiger partial charge in [0.15, 0.2) is 0 Å². The lowest BCUT2D eigenvalue weighted by Gasteiger charge is -2.11. The van der Waals surface area contributed by atoms with E-state index >= 15 is 0 Å². The number of hydrogen-bond acceptors (Lipinski definition) is 6. The molecule has 26 heavy (non-hydrogen) atoms. The Balaban J connectivity index is 2.07. The Kier molecular flexibility index (Phi) is 4.74. The second-order valence-corrected chi connectivity index (χ2v) is 5.47. The summed E-state index contributed by atoms with van der Waals surface area (Å²) in [6.07, 6.45) is 1.52. The zero-order chi connectivity index (χ0) is 18.7. The van der Waals surface area contributed by atoms with Crippen LogP contribution in [0.1, 0.15) is 18.2 Å². The average molecular weight is 355 g/mol. The van der Waals surface area contributed by atoms with Gasteiger partial charge in [-0.3, -0.25) is 14.8 Å². The van der Waals surface area contributed by atoms with Gasteiger partial charge in [0.25, 0.3) is 5.56 Å². The molecule has 0 saturated heterocycles. The van der Waals surface area contributed by atoms with Gasteiger partial charge in [0.05, 0.1) is 31.3 Å². The van der Waals surface area contributed by atoms with E-state index in [-0.39, 0.29) is 17.8 Å². The summed E-state index contributed by atoms with van der Waals surface area (Å²) in [4.78, 5) is 30.9. The number of rotatable bonds is 5. The van der Waals surface area contributed by atoms with Gasteiger partial charge in [0.2, 0.25) is 5.88 Å². The van der Waals surface area contributed by atoms with Crippen LogP contribution in [0.25, 0.3) is 5.69 Å². The number of aromatic amines is 1. The first kappa shape index (κ1) is 17.3. The number of methoxy groups -OCH3 is 1. The van der Waals surface area contributed by atoms with E-state index in [0.29, 0.717) is 17.2 Å². The van der Waals surface area contributed by atoms with Crippen molar-refractivity contribution in [2.75, 3.05) is 7.11 Å². The second-order valence-electron chi connectivity index (χ2n) is 5.47. The molecule has 0 bridgehead atoms. The standard InChI is InChI=1S/C18H17N3O5/c1-11(19-10-14-4-3-9-26-14)15-16(22)20-18(24)21(17(15)23)12-5-7-13(25-2)8-6-12/h3-9,23H,10H2,1-2H3,(H,20,22,24). The molecule has 8 nitrogen and oxygen atoms in total. The Labute approximate surface area is 148 Å². The minimum absolute atomic E-state index is 0.0769. The molecule has 8 heteroatoms. The van der Waals surface area contributed by atoms with Crippen LogP contribution < -0.4 is 16.0 Å². The van der Waals surface area contributed by atoms with Gasteiger partial charge in [-0.25, -0.2) is 9.36 Å². The lowest BCUT2D eigenvalue weighted by Crippen LogP contribution is -2.32. The number of nitrogens with zero attached hydrogens (tertiary/aromatic N) is 2. The van der Waals surface area contributed by atoms with Crippen molar-refractivity contribution in [2.24, 2.45) is 4.99 Å². The Hall–Kier alpha value is -3.55. The van der Waals surface area contributed by atoms with E-state index in [0.717, 1.165) is 4.57 Å². The van der Waals surface area contributed by atoms with Crippen molar-refractivity contribution in [3.63, 3.8) is 0 Å². The van der Waals surface area contributed by atoms with Crippen LogP contribution >= 0.6 is 0 Å². The quantitative estimate of drug-likeness (QED) is 0.679. The summed E-state index contributed by atoms with van der Waals surface area (Å²) in [7, 11) is 1.52. The predicted octanol–water partition coefficient (Wildman–Crippen LogP) is 1.84. The van der Waals surface area contributed by atoms with Crippen LogP contribution in [0.4, 0.5) is 0 Å². The zero-order valence-electron chi connectivity index (χ0n) is 14.2. The molecule has 2 N–H and O–H groups in total. The van der Waals surface area contributed by atoms with Crippen LogP contribution in [0, 0.1) is 0 Å². The van der Waals surface area contributed by atoms with Gasteiger partial charge < -0.3 is 14.3 Å². The van der Waals surface area contributed by atoms with Crippen molar-refractivity contribution in [3.05, 3.63) is 74.8 Å². The number of aliphatic imine (C=N–C) groups is 1. The average Bonchev–Trinajstić information content (AvgIpc) is 3.13. The van der Waals surface area contributed by atoms with Crippen LogP contribution in [0.15, 0.2) is 61.7 Å². The molecular formula is C18H17N3O5. The van der Waals surface area contributed by atoms with Gasteiger partial charge >= 0.3 is 5.69 Å². The molecule has 0 amide bonds. The summed E-state index contributed by atoms with van der Waals surface area (Å²) in [5.41, 5.74) is -0.878. The Morgan fingerprint density at radius 1 is 1.27 bits per heavy atom. The van der Waals surface area contributed by atoms with Crippen molar-refractivity contribution < 1.29 is 14.3 Å². The molecule has 0 fully saturated rings. The highest BCUT2D eigenvalue weighted by atomic mass is 16.5. The molecule has 2 heterocycles. The summed E-state index contributed by atoms with van der Waals surface area (Å²) < 4.78 is 11.3. The van der Waals surface area contributed by atoms with Crippen LogP contribution in [0.3, 0.4) is 0 Å². The van der Waals surface area contributed by atoms with E-state index < -0.39 is 17.1 Å². The smallest absolute Gasteiger partial charge is 0.335 e. The summed E-state index contributed by atoms with van der Waals surface area (Å²) in [5.74, 6) is 0.732. The van der Waals surface area contributed by atoms with E-state index in [2.05, 4.69) is 9.98 Å². The number of hydrogen-bond donors (Lipinski definition) is 2. The monoisotopic (exact) mass is 355 g/mol. The molecule has 0 aliphatic rings. The lowest BCUT2D eigenvalue weighted by atomic mass is 10.2. The fourth-order valence-corrected chi connectivity index (χ4v) is 2.50. The molecule has 0 aliphatic carbocycles. The van der Waals surface area contributed by atoms with Gasteiger partial charge in [-0.1, -0.05) is 0 Å². The molecule has 0 aliphatic heterocycles. The van der Waals surface area contributed by atoms with E-state index in [4.69, 9.17) is 9.15 Å². The Bertz CT molecular complexity index is 1040. The van der Waals surface area contributed by atoms with Crippen molar-refractivity contribution in [2.45, 2.75) is 13.5 Å². The van der Waals surface area contributed by atoms with Gasteiger partial charge in [-0.15, -0.1) is 0 Å². The molecule has 3 rings (SSSR count). The topological polar surface area (TPSA) is 110 Å². The van der Waals surface area contributed by atoms with Crippen molar-refractivity contribution in [1.82, 2.24) is 9.55 Å². The van der Waals surface area contributed by atoms with E-state index in [1.54, 1.807) is 43.3 Å². The van der Waals surface area contributed by atoms with E-state index in [1.165, 1.54) is 13.4 Å². The first-order chi connectivity index (χ1) is 12.5. The third kappa shape index (κ3) is 3.30. The number of aromatic hydroxyl groups is 1. The van der Waals surface area contributed by atoms with Crippen molar-refractivity contribution >= 4 is 5.71 Å². The first-order valence-corrected chi connectivity index (χ1v) is 7.77. The molecule has 0 spiro atoms. The molecule has 0 unspecified atom stereocenters. The van der Waals surface area contributed by atoms with E-state index in [1.807, 2.05) is 0 Å². The number of aromatic nitrogens is 2. The Morgan fingerprint density at radius 3 is 2.62 bits per heavy atom. The third-order valence-corrected chi connectivity index (χ3v) is 3.83. The van der Waals surface area contributed by atoms with Gasteiger partial charge in [-0.05, 0) is 43.3 Å². The Morgan fingerprint density at radius 2 is 2.00 bits per heavy atom. The maximum Gasteiger partial charge on any atom is 0.335 e. The number of benzene rings is 1. The van der Waals surface area contributed by atoms with Gasteiger partial charge in [0, 0.05) is 0 Å². The fraction of sp³-hybridized carbons (Fsp3) is 0.167. The molecule has 1 aromatic carbocycles. The maximum absolute atomic E-state index is 12.2. The first-order valence-electron chi connectivity index (χ1n) is 7.77.